The first-order valence-corrected chi connectivity index (χ1v) is 20.9. The Bertz CT molecular complexity index is 2770. The predicted octanol–water partition coefficient (Wildman–Crippen LogP) is 8.66. The molecule has 4 aromatic carbocycles. The number of likely N-dealkylation sites (N-methyl/N-ethyl adjacent to an activating group) is 1. The van der Waals surface area contributed by atoms with Crippen molar-refractivity contribution in [2.24, 2.45) is 0 Å². The van der Waals surface area contributed by atoms with Crippen molar-refractivity contribution < 1.29 is 33.4 Å². The Morgan fingerprint density at radius 2 is 1.44 bits per heavy atom. The lowest BCUT2D eigenvalue weighted by Gasteiger charge is -2.32. The number of benzene rings is 4. The third-order valence-electron chi connectivity index (χ3n) is 12.1. The number of amides is 4. The number of H-pyrrole nitrogens is 2. The van der Waals surface area contributed by atoms with E-state index in [1.165, 1.54) is 14.2 Å². The van der Waals surface area contributed by atoms with Crippen molar-refractivity contribution in [3.8, 4) is 33.8 Å². The Morgan fingerprint density at radius 1 is 0.810 bits per heavy atom. The molecule has 2 aliphatic rings. The van der Waals surface area contributed by atoms with Crippen molar-refractivity contribution in [2.75, 3.05) is 27.2 Å². The maximum Gasteiger partial charge on any atom is 0.407 e. The molecule has 4 N–H and O–H groups in total. The van der Waals surface area contributed by atoms with E-state index in [1.807, 2.05) is 91.1 Å². The Balaban J connectivity index is 0.888. The molecule has 0 saturated carbocycles. The highest BCUT2D eigenvalue weighted by Crippen LogP contribution is 2.38. The van der Waals surface area contributed by atoms with Crippen LogP contribution in [-0.2, 0) is 14.3 Å². The summed E-state index contributed by atoms with van der Waals surface area (Å²) in [4.78, 5) is 73.2. The zero-order valence-corrected chi connectivity index (χ0v) is 34.7. The van der Waals surface area contributed by atoms with Gasteiger partial charge in [-0.2, -0.15) is 0 Å². The summed E-state index contributed by atoms with van der Waals surface area (Å²) in [5.41, 5.74) is 6.23. The number of aromatic amines is 2. The van der Waals surface area contributed by atoms with Crippen LogP contribution in [0.2, 0.25) is 0 Å². The third-order valence-corrected chi connectivity index (χ3v) is 12.1. The lowest BCUT2D eigenvalue weighted by atomic mass is 10.0. The van der Waals surface area contributed by atoms with Gasteiger partial charge in [0.2, 0.25) is 0 Å². The fourth-order valence-electron chi connectivity index (χ4n) is 8.81. The molecule has 4 atom stereocenters. The molecule has 2 fully saturated rings. The largest absolute Gasteiger partial charge is 0.465 e. The average molecular weight is 847 g/mol. The Hall–Kier alpha value is -7.68. The number of imidazole rings is 2. The van der Waals surface area contributed by atoms with E-state index in [0.717, 1.165) is 63.2 Å². The minimum Gasteiger partial charge on any atom is -0.465 e. The van der Waals surface area contributed by atoms with Gasteiger partial charge in [-0.25, -0.2) is 19.6 Å². The number of hydrogen-bond donors (Lipinski definition) is 4. The van der Waals surface area contributed by atoms with Crippen LogP contribution in [0.25, 0.3) is 44.8 Å². The molecular formula is C48H46N8O7. The molecule has 2 aliphatic heterocycles. The van der Waals surface area contributed by atoms with Crippen LogP contribution in [0.3, 0.4) is 0 Å². The van der Waals surface area contributed by atoms with Crippen LogP contribution in [0.15, 0.2) is 126 Å². The van der Waals surface area contributed by atoms with Crippen LogP contribution in [0.1, 0.15) is 72.6 Å². The van der Waals surface area contributed by atoms with E-state index < -0.39 is 24.3 Å². The molecule has 4 amide bonds. The van der Waals surface area contributed by atoms with E-state index in [4.69, 9.17) is 14.1 Å². The summed E-state index contributed by atoms with van der Waals surface area (Å²) in [5, 5.41) is 13.4. The van der Waals surface area contributed by atoms with Crippen LogP contribution < -0.4 is 5.32 Å². The fourth-order valence-corrected chi connectivity index (χ4v) is 8.81. The Kier molecular flexibility index (Phi) is 11.2. The number of carbonyl (C=O) groups is 4. The van der Waals surface area contributed by atoms with E-state index in [1.54, 1.807) is 40.3 Å². The maximum atomic E-state index is 14.0. The molecule has 0 aliphatic carbocycles. The fraction of sp³-hybridized carbons (Fsp3) is 0.250. The molecule has 320 valence electrons. The molecule has 15 heteroatoms. The third kappa shape index (κ3) is 8.12. The highest BCUT2D eigenvalue weighted by Gasteiger charge is 2.40. The van der Waals surface area contributed by atoms with Gasteiger partial charge in [0.15, 0.2) is 0 Å². The number of carboxylic acid groups (broad SMARTS) is 1. The summed E-state index contributed by atoms with van der Waals surface area (Å²) in [6.07, 6.45) is 4.76. The normalized spacial score (nSPS) is 17.1. The first-order valence-electron chi connectivity index (χ1n) is 20.9. The summed E-state index contributed by atoms with van der Waals surface area (Å²) in [6, 6.07) is 31.5. The summed E-state index contributed by atoms with van der Waals surface area (Å²) in [6.45, 7) is 1.04. The SMILES string of the molecule is COC(=O)N[C@@H](C(=O)N1CCC[C@H]1c1nc(-c2ccc3oc(-c4ccc(-c5cnc([C@@H]6CCCN6C(=O)[C@@H](c6ccccc6)N(C)C(=O)O)[nH]5)cc4)cc3c2)c[nH]1)c1ccccc1. The minimum atomic E-state index is -1.18. The molecule has 0 unspecified atom stereocenters. The molecule has 63 heavy (non-hydrogen) atoms. The maximum absolute atomic E-state index is 14.0. The standard InChI is InChI=1S/C48H46N8O7/c1-54(48(60)61)42(32-13-7-4-8-14-32)46(58)56-24-10-16-38(56)44-49-27-35(51-44)29-17-19-30(20-18-29)40-26-34-25-33(21-22-39(34)63-40)36-28-50-43(52-36)37-15-9-23-55(37)45(57)41(53-47(59)62-2)31-11-5-3-6-12-31/h3-8,11-14,17-22,25-28,37-38,41-42H,9-10,15-16,23-24H2,1-2H3,(H,49,51)(H,50,52)(H,53,59)(H,60,61)/t37-,38-,41+,42+/m0/s1. The van der Waals surface area contributed by atoms with Gasteiger partial charge < -0.3 is 39.3 Å². The Morgan fingerprint density at radius 3 is 2.13 bits per heavy atom. The second-order valence-corrected chi connectivity index (χ2v) is 15.9. The van der Waals surface area contributed by atoms with Crippen molar-refractivity contribution in [1.29, 1.82) is 0 Å². The molecule has 2 saturated heterocycles. The van der Waals surface area contributed by atoms with Crippen LogP contribution in [0.4, 0.5) is 9.59 Å². The topological polar surface area (TPSA) is 190 Å². The number of nitrogens with zero attached hydrogens (tertiary/aromatic N) is 5. The number of ether oxygens (including phenoxy) is 1. The molecule has 7 aromatic rings. The monoisotopic (exact) mass is 846 g/mol. The van der Waals surface area contributed by atoms with Gasteiger partial charge in [0.1, 0.15) is 35.1 Å². The molecule has 0 bridgehead atoms. The summed E-state index contributed by atoms with van der Waals surface area (Å²) in [5.74, 6) is 1.52. The highest BCUT2D eigenvalue weighted by molar-refractivity contribution is 5.89. The first-order chi connectivity index (χ1) is 30.7. The van der Waals surface area contributed by atoms with Crippen molar-refractivity contribution in [2.45, 2.75) is 49.9 Å². The van der Waals surface area contributed by atoms with E-state index in [9.17, 15) is 24.3 Å². The van der Waals surface area contributed by atoms with Gasteiger partial charge in [-0.15, -0.1) is 0 Å². The van der Waals surface area contributed by atoms with Gasteiger partial charge in [0, 0.05) is 42.8 Å². The summed E-state index contributed by atoms with van der Waals surface area (Å²) >= 11 is 0. The van der Waals surface area contributed by atoms with Gasteiger partial charge in [0.25, 0.3) is 11.8 Å². The number of carbonyl (C=O) groups excluding carboxylic acids is 3. The lowest BCUT2D eigenvalue weighted by molar-refractivity contribution is -0.137. The minimum absolute atomic E-state index is 0.229. The van der Waals surface area contributed by atoms with Crippen LogP contribution in [0, 0.1) is 0 Å². The molecular weight excluding hydrogens is 801 g/mol. The number of alkyl carbamates (subject to hydrolysis) is 1. The zero-order chi connectivity index (χ0) is 43.6. The molecule has 15 nitrogen and oxygen atoms in total. The second-order valence-electron chi connectivity index (χ2n) is 15.9. The van der Waals surface area contributed by atoms with Crippen LogP contribution >= 0.6 is 0 Å². The second kappa shape index (κ2) is 17.4. The van der Waals surface area contributed by atoms with Crippen molar-refractivity contribution >= 4 is 35.0 Å². The van der Waals surface area contributed by atoms with E-state index in [2.05, 4.69) is 20.3 Å². The van der Waals surface area contributed by atoms with E-state index >= 15 is 0 Å². The molecule has 9 rings (SSSR count). The van der Waals surface area contributed by atoms with E-state index in [-0.39, 0.29) is 23.9 Å². The number of likely N-dealkylation sites (tertiary alicyclic amines) is 2. The number of methoxy groups -OCH3 is 1. The number of hydrogen-bond acceptors (Lipinski definition) is 8. The van der Waals surface area contributed by atoms with Gasteiger partial charge in [0.05, 0.1) is 36.8 Å². The molecule has 3 aromatic heterocycles. The number of nitrogens with one attached hydrogen (secondary N) is 3. The summed E-state index contributed by atoms with van der Waals surface area (Å²) < 4.78 is 11.1. The number of aromatic nitrogens is 4. The lowest BCUT2D eigenvalue weighted by Crippen LogP contribution is -2.43. The average Bonchev–Trinajstić information content (AvgIpc) is 4.18. The highest BCUT2D eigenvalue weighted by atomic mass is 16.5. The molecule has 0 spiro atoms. The molecule has 0 radical (unpaired) electrons. The van der Waals surface area contributed by atoms with E-state index in [0.29, 0.717) is 48.0 Å². The summed E-state index contributed by atoms with van der Waals surface area (Å²) in [7, 11) is 2.70. The van der Waals surface area contributed by atoms with Gasteiger partial charge in [-0.3, -0.25) is 14.5 Å². The van der Waals surface area contributed by atoms with Crippen molar-refractivity contribution in [3.63, 3.8) is 0 Å². The van der Waals surface area contributed by atoms with Crippen molar-refractivity contribution in [3.05, 3.63) is 144 Å². The quantitative estimate of drug-likeness (QED) is 0.0987. The zero-order valence-electron chi connectivity index (χ0n) is 34.7. The van der Waals surface area contributed by atoms with Crippen LogP contribution in [0.5, 0.6) is 0 Å². The van der Waals surface area contributed by atoms with Gasteiger partial charge in [-0.1, -0.05) is 84.9 Å². The smallest absolute Gasteiger partial charge is 0.407 e. The predicted molar refractivity (Wildman–Crippen MR) is 234 cm³/mol. The van der Waals surface area contributed by atoms with Crippen molar-refractivity contribution in [1.82, 2.24) is 40.0 Å². The number of furan rings is 1. The first kappa shape index (κ1) is 40.7. The Labute approximate surface area is 362 Å². The van der Waals surface area contributed by atoms with Gasteiger partial charge >= 0.3 is 12.2 Å². The number of rotatable bonds is 11. The number of fused-ring (bicyclic) bond motifs is 1. The molecule has 5 heterocycles. The van der Waals surface area contributed by atoms with Crippen LogP contribution in [-0.4, -0.2) is 91.0 Å². The van der Waals surface area contributed by atoms with Gasteiger partial charge in [-0.05, 0) is 66.6 Å².